The van der Waals surface area contributed by atoms with Crippen LogP contribution < -0.4 is 30.0 Å². The van der Waals surface area contributed by atoms with Crippen molar-refractivity contribution < 1.29 is 18.7 Å². The second-order valence-corrected chi connectivity index (χ2v) is 17.7. The number of anilines is 2. The molecule has 9 nitrogen and oxygen atoms in total. The molecule has 2 aromatic heterocycles. The fraction of sp³-hybridized carbons (Fsp3) is 0.216. The fourth-order valence-electron chi connectivity index (χ4n) is 7.78. The molecule has 0 saturated heterocycles. The number of ketones is 1. The third-order valence-corrected chi connectivity index (χ3v) is 13.2. The number of benzene rings is 4. The first-order valence-corrected chi connectivity index (χ1v) is 22.8. The fourth-order valence-corrected chi connectivity index (χ4v) is 9.76. The van der Waals surface area contributed by atoms with Gasteiger partial charge < -0.3 is 25.8 Å². The van der Waals surface area contributed by atoms with E-state index in [2.05, 4.69) is 155 Å². The lowest BCUT2D eigenvalue weighted by atomic mass is 10.1. The minimum absolute atomic E-state index is 0.000648. The second-order valence-electron chi connectivity index (χ2n) is 15.5. The molecule has 8 rings (SSSR count). The van der Waals surface area contributed by atoms with Gasteiger partial charge in [0.15, 0.2) is 12.4 Å². The maximum absolute atomic E-state index is 13.0. The zero-order valence-corrected chi connectivity index (χ0v) is 36.9. The van der Waals surface area contributed by atoms with E-state index in [4.69, 9.17) is 0 Å². The number of Topliss-reactive ketones (excluding diaryl/α,β-unsaturated/α-hetero) is 1. The minimum Gasteiger partial charge on any atom is -0.351 e. The molecule has 1 amide bonds. The van der Waals surface area contributed by atoms with Crippen molar-refractivity contribution >= 4 is 80.5 Å². The molecule has 3 N–H and O–H groups in total. The molecule has 62 heavy (non-hydrogen) atoms. The average molecular weight is 860 g/mol. The molecule has 0 saturated carbocycles. The molecule has 2 aliphatic rings. The number of fused-ring (bicyclic) bond motifs is 4. The highest BCUT2D eigenvalue weighted by atomic mass is 32.2. The zero-order chi connectivity index (χ0) is 42.7. The number of amides is 1. The third kappa shape index (κ3) is 10.7. The van der Waals surface area contributed by atoms with Crippen molar-refractivity contribution in [3.05, 3.63) is 167 Å². The van der Waals surface area contributed by atoms with Gasteiger partial charge in [-0.3, -0.25) is 9.59 Å². The van der Waals surface area contributed by atoms with Crippen LogP contribution in [0, 0.1) is 0 Å². The lowest BCUT2D eigenvalue weighted by Gasteiger charge is -2.16. The number of pyridine rings is 2. The Morgan fingerprint density at radius 3 is 2.03 bits per heavy atom. The van der Waals surface area contributed by atoms with E-state index in [0.29, 0.717) is 19.6 Å². The number of aromatic nitrogens is 2. The Morgan fingerprint density at radius 1 is 0.710 bits per heavy atom. The first kappa shape index (κ1) is 42.7. The molecule has 0 fully saturated rings. The van der Waals surface area contributed by atoms with Gasteiger partial charge in [-0.25, -0.2) is 0 Å². The van der Waals surface area contributed by atoms with Gasteiger partial charge in [0.05, 0.1) is 38.8 Å². The Kier molecular flexibility index (Phi) is 14.3. The van der Waals surface area contributed by atoms with Crippen molar-refractivity contribution in [1.82, 2.24) is 15.5 Å². The van der Waals surface area contributed by atoms with E-state index in [0.717, 1.165) is 76.1 Å². The molecule has 0 aliphatic carbocycles. The van der Waals surface area contributed by atoms with Crippen LogP contribution in [0.15, 0.2) is 166 Å². The Morgan fingerprint density at radius 2 is 1.32 bits per heavy atom. The van der Waals surface area contributed by atoms with Gasteiger partial charge in [-0.1, -0.05) is 96.4 Å². The summed E-state index contributed by atoms with van der Waals surface area (Å²) >= 11 is 3.51. The summed E-state index contributed by atoms with van der Waals surface area (Å²) in [6, 6.07) is 37.4. The summed E-state index contributed by atoms with van der Waals surface area (Å²) in [4.78, 5) is 33.0. The van der Waals surface area contributed by atoms with E-state index < -0.39 is 0 Å². The number of hydrogen-bond acceptors (Lipinski definition) is 8. The maximum Gasteiger partial charge on any atom is 0.286 e. The van der Waals surface area contributed by atoms with E-state index in [9.17, 15) is 9.59 Å². The van der Waals surface area contributed by atoms with Crippen molar-refractivity contribution in [2.45, 2.75) is 35.7 Å². The van der Waals surface area contributed by atoms with E-state index in [1.807, 2.05) is 51.9 Å². The Balaban J connectivity index is 0.725. The lowest BCUT2D eigenvalue weighted by Crippen LogP contribution is -2.43. The van der Waals surface area contributed by atoms with Crippen molar-refractivity contribution in [1.29, 1.82) is 0 Å². The highest BCUT2D eigenvalue weighted by molar-refractivity contribution is 8.04. The van der Waals surface area contributed by atoms with Crippen LogP contribution in [0.1, 0.15) is 24.0 Å². The summed E-state index contributed by atoms with van der Waals surface area (Å²) in [5.74, 6) is 0.146. The second kappa shape index (κ2) is 20.7. The summed E-state index contributed by atoms with van der Waals surface area (Å²) in [7, 11) is 4.21. The monoisotopic (exact) mass is 859 g/mol. The predicted molar refractivity (Wildman–Crippen MR) is 257 cm³/mol. The number of para-hydroxylation sites is 4. The van der Waals surface area contributed by atoms with E-state index in [1.165, 1.54) is 20.5 Å². The number of rotatable bonds is 18. The molecule has 0 radical (unpaired) electrons. The summed E-state index contributed by atoms with van der Waals surface area (Å²) in [5, 5.41) is 14.4. The first-order chi connectivity index (χ1) is 30.4. The highest BCUT2D eigenvalue weighted by Gasteiger charge is 2.21. The number of thioether (sulfide) groups is 2. The van der Waals surface area contributed by atoms with E-state index >= 15 is 0 Å². The van der Waals surface area contributed by atoms with Crippen LogP contribution in [-0.2, 0) is 22.7 Å². The van der Waals surface area contributed by atoms with Gasteiger partial charge >= 0.3 is 0 Å². The molecular weight excluding hydrogens is 807 g/mol. The molecule has 2 aliphatic heterocycles. The lowest BCUT2D eigenvalue weighted by molar-refractivity contribution is -0.658. The van der Waals surface area contributed by atoms with Crippen LogP contribution in [0.5, 0.6) is 0 Å². The van der Waals surface area contributed by atoms with Crippen LogP contribution >= 0.6 is 23.5 Å². The molecule has 0 atom stereocenters. The Hall–Kier alpha value is -5.98. The van der Waals surface area contributed by atoms with Gasteiger partial charge in [0, 0.05) is 47.6 Å². The topological polar surface area (TPSA) is 84.5 Å². The van der Waals surface area contributed by atoms with Gasteiger partial charge in [0.2, 0.25) is 29.9 Å². The van der Waals surface area contributed by atoms with Crippen molar-refractivity contribution in [3.63, 3.8) is 0 Å². The van der Waals surface area contributed by atoms with Gasteiger partial charge in [0.1, 0.15) is 0 Å². The molecule has 0 spiro atoms. The van der Waals surface area contributed by atoms with Gasteiger partial charge in [-0.05, 0) is 99.2 Å². The minimum atomic E-state index is -0.000648. The number of carbonyl (C=O) groups is 2. The summed E-state index contributed by atoms with van der Waals surface area (Å²) in [6.07, 6.45) is 18.5. The largest absolute Gasteiger partial charge is 0.351 e. The number of nitrogens with one attached hydrogen (secondary N) is 3. The molecule has 4 aromatic carbocycles. The van der Waals surface area contributed by atoms with Crippen molar-refractivity contribution in [2.75, 3.05) is 57.0 Å². The van der Waals surface area contributed by atoms with Crippen LogP contribution in [0.4, 0.5) is 11.4 Å². The summed E-state index contributed by atoms with van der Waals surface area (Å²) in [5.41, 5.74) is 6.65. The third-order valence-electron chi connectivity index (χ3n) is 11.0. The molecule has 11 heteroatoms. The molecular formula is C51H53N7O2S2+2. The molecule has 6 aromatic rings. The zero-order valence-electron chi connectivity index (χ0n) is 35.3. The number of hydrogen-bond donors (Lipinski definition) is 3. The van der Waals surface area contributed by atoms with Gasteiger partial charge in [-0.2, -0.15) is 9.13 Å². The first-order valence-electron chi connectivity index (χ1n) is 21.2. The summed E-state index contributed by atoms with van der Waals surface area (Å²) < 4.78 is 4.06. The SMILES string of the molecule is CN(CCCNCC(=O)C[n+]1ccc(C=CC=C2Sc3ccccc3N2C)c2ccccc21)CCCNC(=O)C[n+]1ccc(C=CC=C2Nc3ccccc3S2)c2ccccc21. The van der Waals surface area contributed by atoms with E-state index in [1.54, 1.807) is 23.5 Å². The van der Waals surface area contributed by atoms with Crippen molar-refractivity contribution in [2.24, 2.45) is 0 Å². The number of allylic oxidation sites excluding steroid dienone is 4. The van der Waals surface area contributed by atoms with Gasteiger partial charge in [0.25, 0.3) is 5.91 Å². The Bertz CT molecular complexity index is 2680. The predicted octanol–water partition coefficient (Wildman–Crippen LogP) is 8.42. The highest BCUT2D eigenvalue weighted by Crippen LogP contribution is 2.44. The maximum atomic E-state index is 13.0. The van der Waals surface area contributed by atoms with E-state index in [-0.39, 0.29) is 18.2 Å². The normalized spacial score (nSPS) is 14.8. The van der Waals surface area contributed by atoms with Crippen LogP contribution in [0.2, 0.25) is 0 Å². The van der Waals surface area contributed by atoms with Gasteiger partial charge in [-0.15, -0.1) is 0 Å². The number of nitrogens with zero attached hydrogens (tertiary/aromatic N) is 4. The average Bonchev–Trinajstić information content (AvgIpc) is 3.86. The van der Waals surface area contributed by atoms with Crippen LogP contribution in [-0.4, -0.2) is 63.4 Å². The molecule has 0 unspecified atom stereocenters. The molecule has 4 heterocycles. The van der Waals surface area contributed by atoms with Crippen molar-refractivity contribution in [3.8, 4) is 0 Å². The number of carbonyl (C=O) groups excluding carboxylic acids is 2. The summed E-state index contributed by atoms with van der Waals surface area (Å²) in [6.45, 7) is 4.07. The molecule has 0 bridgehead atoms. The quantitative estimate of drug-likeness (QED) is 0.0588. The smallest absolute Gasteiger partial charge is 0.286 e. The van der Waals surface area contributed by atoms with Crippen LogP contribution in [0.25, 0.3) is 34.0 Å². The Labute approximate surface area is 372 Å². The molecule has 314 valence electrons. The van der Waals surface area contributed by atoms with Crippen LogP contribution in [0.3, 0.4) is 0 Å². The standard InChI is InChI=1S/C51H51N7O2S2/c1-55(32-14-30-53-49(60)37-58-34-28-38(42-18-4-7-21-45(42)58)15-11-25-50-54-43-19-5-9-23-47(43)61-50)31-13-29-52-35-40(59)36-57-33-27-39(41-17-3-6-20-44(41)57)16-12-26-51-56(2)46-22-8-10-24-48(46)62-51/h3-12,15-28,33-34,52H,13-14,29-32,35-37H2,1-2H3/p+2.